The van der Waals surface area contributed by atoms with Gasteiger partial charge in [0.15, 0.2) is 0 Å². The molecule has 5 nitrogen and oxygen atoms in total. The predicted octanol–water partition coefficient (Wildman–Crippen LogP) is 4.69. The van der Waals surface area contributed by atoms with Crippen LogP contribution in [-0.2, 0) is 14.8 Å². The molecule has 3 aromatic rings. The third-order valence-electron chi connectivity index (χ3n) is 6.16. The number of benzene rings is 3. The molecule has 1 amide bonds. The number of nitrogens with one attached hydrogen (secondary N) is 1. The van der Waals surface area contributed by atoms with Crippen LogP contribution < -0.4 is 5.32 Å². The largest absolute Gasteiger partial charge is 0.355 e. The lowest BCUT2D eigenvalue weighted by Crippen LogP contribution is -2.43. The van der Waals surface area contributed by atoms with Crippen molar-refractivity contribution in [1.82, 2.24) is 9.62 Å². The van der Waals surface area contributed by atoms with Crippen LogP contribution in [0, 0.1) is 5.92 Å². The molecule has 0 radical (unpaired) electrons. The zero-order valence-corrected chi connectivity index (χ0v) is 19.8. The van der Waals surface area contributed by atoms with Crippen LogP contribution in [0.1, 0.15) is 29.9 Å². The Bertz CT molecular complexity index is 1120. The van der Waals surface area contributed by atoms with Crippen LogP contribution in [0.25, 0.3) is 0 Å². The van der Waals surface area contributed by atoms with Gasteiger partial charge >= 0.3 is 0 Å². The van der Waals surface area contributed by atoms with Crippen molar-refractivity contribution >= 4 is 27.5 Å². The second kappa shape index (κ2) is 10.5. The van der Waals surface area contributed by atoms with E-state index in [1.54, 1.807) is 12.1 Å². The molecular weight excluding hydrogens is 456 g/mol. The number of amides is 1. The summed E-state index contributed by atoms with van der Waals surface area (Å²) in [7, 11) is -3.58. The lowest BCUT2D eigenvalue weighted by Gasteiger charge is -2.31. The van der Waals surface area contributed by atoms with Crippen molar-refractivity contribution in [3.05, 3.63) is 101 Å². The van der Waals surface area contributed by atoms with Gasteiger partial charge in [-0.25, -0.2) is 8.42 Å². The minimum Gasteiger partial charge on any atom is -0.355 e. The molecule has 1 fully saturated rings. The monoisotopic (exact) mass is 482 g/mol. The molecule has 1 aliphatic heterocycles. The Hall–Kier alpha value is -2.67. The number of nitrogens with zero attached hydrogens (tertiary/aromatic N) is 1. The number of carbonyl (C=O) groups excluding carboxylic acids is 1. The van der Waals surface area contributed by atoms with Gasteiger partial charge in [-0.3, -0.25) is 4.79 Å². The average Bonchev–Trinajstić information content (AvgIpc) is 2.86. The molecule has 7 heteroatoms. The Balaban J connectivity index is 1.37. The summed E-state index contributed by atoms with van der Waals surface area (Å²) in [5.74, 6) is -0.161. The standard InChI is InChI=1S/C26H27ClN2O3S/c27-23-11-13-24(14-12-23)33(31,32)29-17-15-22(16-18-29)26(30)28-19-25(20-7-3-1-4-8-20)21-9-5-2-6-10-21/h1-14,22,25H,15-19H2,(H,28,30). The highest BCUT2D eigenvalue weighted by Crippen LogP contribution is 2.26. The molecule has 33 heavy (non-hydrogen) atoms. The minimum absolute atomic E-state index is 0.0181. The average molecular weight is 483 g/mol. The summed E-state index contributed by atoms with van der Waals surface area (Å²) in [5, 5.41) is 3.61. The second-order valence-corrected chi connectivity index (χ2v) is 10.6. The molecule has 0 saturated carbocycles. The van der Waals surface area contributed by atoms with Crippen LogP contribution in [0.15, 0.2) is 89.8 Å². The lowest BCUT2D eigenvalue weighted by atomic mass is 9.90. The number of rotatable bonds is 7. The molecule has 0 spiro atoms. The van der Waals surface area contributed by atoms with Crippen LogP contribution in [0.2, 0.25) is 5.02 Å². The summed E-state index contributed by atoms with van der Waals surface area (Å²) in [6.45, 7) is 1.14. The molecule has 1 saturated heterocycles. The van der Waals surface area contributed by atoms with E-state index in [1.807, 2.05) is 36.4 Å². The first-order valence-electron chi connectivity index (χ1n) is 11.1. The van der Waals surface area contributed by atoms with Gasteiger partial charge in [0.2, 0.25) is 15.9 Å². The number of hydrogen-bond donors (Lipinski definition) is 1. The fourth-order valence-electron chi connectivity index (χ4n) is 4.26. The topological polar surface area (TPSA) is 66.5 Å². The van der Waals surface area contributed by atoms with E-state index in [-0.39, 0.29) is 22.6 Å². The minimum atomic E-state index is -3.58. The van der Waals surface area contributed by atoms with Gasteiger partial charge < -0.3 is 5.32 Å². The van der Waals surface area contributed by atoms with Crippen molar-refractivity contribution in [2.75, 3.05) is 19.6 Å². The van der Waals surface area contributed by atoms with Crippen molar-refractivity contribution in [2.45, 2.75) is 23.7 Å². The summed E-state index contributed by atoms with van der Waals surface area (Å²) in [6.07, 6.45) is 1.000. The highest BCUT2D eigenvalue weighted by Gasteiger charge is 2.32. The Morgan fingerprint density at radius 2 is 1.39 bits per heavy atom. The molecule has 172 valence electrons. The first-order valence-corrected chi connectivity index (χ1v) is 12.9. The van der Waals surface area contributed by atoms with E-state index in [2.05, 4.69) is 29.6 Å². The van der Waals surface area contributed by atoms with Crippen LogP contribution >= 0.6 is 11.6 Å². The Kier molecular flexibility index (Phi) is 7.48. The van der Waals surface area contributed by atoms with Gasteiger partial charge in [-0.05, 0) is 48.2 Å². The summed E-state index contributed by atoms with van der Waals surface area (Å²) in [6, 6.07) is 26.5. The number of hydrogen-bond acceptors (Lipinski definition) is 3. The van der Waals surface area contributed by atoms with Gasteiger partial charge in [-0.15, -0.1) is 0 Å². The molecule has 1 heterocycles. The van der Waals surface area contributed by atoms with Crippen molar-refractivity contribution in [1.29, 1.82) is 0 Å². The quantitative estimate of drug-likeness (QED) is 0.531. The predicted molar refractivity (Wildman–Crippen MR) is 131 cm³/mol. The highest BCUT2D eigenvalue weighted by atomic mass is 35.5. The molecule has 4 rings (SSSR count). The van der Waals surface area contributed by atoms with Crippen molar-refractivity contribution < 1.29 is 13.2 Å². The van der Waals surface area contributed by atoms with Crippen molar-refractivity contribution in [3.8, 4) is 0 Å². The van der Waals surface area contributed by atoms with E-state index >= 15 is 0 Å². The van der Waals surface area contributed by atoms with Crippen LogP contribution in [0.5, 0.6) is 0 Å². The summed E-state index contributed by atoms with van der Waals surface area (Å²) in [5.41, 5.74) is 2.29. The number of halogens is 1. The van der Waals surface area contributed by atoms with Gasteiger partial charge in [-0.2, -0.15) is 4.31 Å². The molecule has 0 bridgehead atoms. The molecule has 1 aliphatic rings. The first-order chi connectivity index (χ1) is 15.9. The summed E-state index contributed by atoms with van der Waals surface area (Å²) < 4.78 is 27.2. The fraction of sp³-hybridized carbons (Fsp3) is 0.269. The molecule has 3 aromatic carbocycles. The van der Waals surface area contributed by atoms with Crippen molar-refractivity contribution in [3.63, 3.8) is 0 Å². The van der Waals surface area contributed by atoms with E-state index in [0.717, 1.165) is 11.1 Å². The van der Waals surface area contributed by atoms with Gasteiger partial charge in [0.1, 0.15) is 0 Å². The molecule has 0 aromatic heterocycles. The second-order valence-electron chi connectivity index (χ2n) is 8.25. The van der Waals surface area contributed by atoms with E-state index in [0.29, 0.717) is 37.5 Å². The van der Waals surface area contributed by atoms with E-state index in [9.17, 15) is 13.2 Å². The third kappa shape index (κ3) is 5.64. The highest BCUT2D eigenvalue weighted by molar-refractivity contribution is 7.89. The number of piperidine rings is 1. The normalized spacial score (nSPS) is 15.5. The van der Waals surface area contributed by atoms with Gasteiger partial charge in [0, 0.05) is 36.5 Å². The third-order valence-corrected chi connectivity index (χ3v) is 8.33. The Labute approximate surface area is 200 Å². The fourth-order valence-corrected chi connectivity index (χ4v) is 5.86. The molecule has 1 N–H and O–H groups in total. The molecular formula is C26H27ClN2O3S. The van der Waals surface area contributed by atoms with E-state index in [4.69, 9.17) is 11.6 Å². The maximum atomic E-state index is 12.9. The molecule has 0 atom stereocenters. The SMILES string of the molecule is O=C(NCC(c1ccccc1)c1ccccc1)C1CCN(S(=O)(=O)c2ccc(Cl)cc2)CC1. The molecule has 0 aliphatic carbocycles. The maximum absolute atomic E-state index is 12.9. The Morgan fingerprint density at radius 3 is 1.91 bits per heavy atom. The molecule has 0 unspecified atom stereocenters. The van der Waals surface area contributed by atoms with Crippen LogP contribution in [0.4, 0.5) is 0 Å². The van der Waals surface area contributed by atoms with Gasteiger partial charge in [0.25, 0.3) is 0 Å². The summed E-state index contributed by atoms with van der Waals surface area (Å²) >= 11 is 5.88. The van der Waals surface area contributed by atoms with E-state index in [1.165, 1.54) is 16.4 Å². The lowest BCUT2D eigenvalue weighted by molar-refractivity contribution is -0.126. The van der Waals surface area contributed by atoms with Gasteiger partial charge in [-0.1, -0.05) is 72.3 Å². The Morgan fingerprint density at radius 1 is 0.879 bits per heavy atom. The number of sulfonamides is 1. The van der Waals surface area contributed by atoms with Crippen LogP contribution in [0.3, 0.4) is 0 Å². The maximum Gasteiger partial charge on any atom is 0.243 e. The summed E-state index contributed by atoms with van der Waals surface area (Å²) in [4.78, 5) is 13.2. The zero-order valence-electron chi connectivity index (χ0n) is 18.2. The van der Waals surface area contributed by atoms with Crippen molar-refractivity contribution in [2.24, 2.45) is 5.92 Å². The van der Waals surface area contributed by atoms with Crippen LogP contribution in [-0.4, -0.2) is 38.3 Å². The van der Waals surface area contributed by atoms with Gasteiger partial charge in [0.05, 0.1) is 4.90 Å². The zero-order chi connectivity index (χ0) is 23.3. The smallest absolute Gasteiger partial charge is 0.243 e. The first kappa shape index (κ1) is 23.5. The number of carbonyl (C=O) groups is 1. The van der Waals surface area contributed by atoms with E-state index < -0.39 is 10.0 Å².